The van der Waals surface area contributed by atoms with Crippen molar-refractivity contribution in [3.63, 3.8) is 0 Å². The first-order valence-electron chi connectivity index (χ1n) is 7.64. The molecular weight excluding hydrogens is 270 g/mol. The first-order valence-corrected chi connectivity index (χ1v) is 8.02. The van der Waals surface area contributed by atoms with E-state index in [4.69, 9.17) is 17.3 Å². The summed E-state index contributed by atoms with van der Waals surface area (Å²) < 4.78 is 0. The Kier molecular flexibility index (Phi) is 4.20. The third kappa shape index (κ3) is 2.95. The van der Waals surface area contributed by atoms with Crippen molar-refractivity contribution in [2.75, 3.05) is 44.2 Å². The summed E-state index contributed by atoms with van der Waals surface area (Å²) in [7, 11) is 0. The lowest BCUT2D eigenvalue weighted by atomic mass is 9.68. The lowest BCUT2D eigenvalue weighted by Gasteiger charge is -2.46. The number of halogens is 1. The van der Waals surface area contributed by atoms with Crippen LogP contribution in [0.15, 0.2) is 24.3 Å². The Morgan fingerprint density at radius 3 is 2.20 bits per heavy atom. The van der Waals surface area contributed by atoms with E-state index in [1.54, 1.807) is 0 Å². The van der Waals surface area contributed by atoms with E-state index < -0.39 is 0 Å². The molecule has 0 aromatic heterocycles. The average Bonchev–Trinajstić information content (AvgIpc) is 2.45. The summed E-state index contributed by atoms with van der Waals surface area (Å²) in [5.41, 5.74) is 7.69. The predicted molar refractivity (Wildman–Crippen MR) is 85.4 cm³/mol. The summed E-state index contributed by atoms with van der Waals surface area (Å²) >= 11 is 5.95. The van der Waals surface area contributed by atoms with Crippen LogP contribution >= 0.6 is 11.6 Å². The maximum Gasteiger partial charge on any atom is 0.0407 e. The number of rotatable bonds is 4. The molecule has 2 fully saturated rings. The molecule has 0 radical (unpaired) electrons. The molecule has 3 rings (SSSR count). The van der Waals surface area contributed by atoms with Crippen LogP contribution in [0, 0.1) is 5.41 Å². The van der Waals surface area contributed by atoms with Gasteiger partial charge in [-0.25, -0.2) is 0 Å². The fraction of sp³-hybridized carbons (Fsp3) is 0.625. The first kappa shape index (κ1) is 14.2. The van der Waals surface area contributed by atoms with Crippen LogP contribution in [-0.4, -0.2) is 44.2 Å². The Morgan fingerprint density at radius 1 is 1.05 bits per heavy atom. The van der Waals surface area contributed by atoms with Gasteiger partial charge in [-0.1, -0.05) is 18.0 Å². The summed E-state index contributed by atoms with van der Waals surface area (Å²) in [6, 6.07) is 8.18. The van der Waals surface area contributed by atoms with Crippen molar-refractivity contribution in [1.29, 1.82) is 0 Å². The summed E-state index contributed by atoms with van der Waals surface area (Å²) in [6.45, 7) is 6.53. The number of benzene rings is 1. The minimum absolute atomic E-state index is 0.433. The minimum Gasteiger partial charge on any atom is -0.369 e. The SMILES string of the molecule is NCC1(CN2CCN(c3ccc(Cl)cc3)CC2)CCC1. The number of hydrogen-bond donors (Lipinski definition) is 1. The topological polar surface area (TPSA) is 32.5 Å². The molecule has 1 aromatic carbocycles. The second-order valence-electron chi connectivity index (χ2n) is 6.30. The highest BCUT2D eigenvalue weighted by Gasteiger charge is 2.37. The summed E-state index contributed by atoms with van der Waals surface area (Å²) in [5.74, 6) is 0. The normalized spacial score (nSPS) is 22.6. The van der Waals surface area contributed by atoms with E-state index in [-0.39, 0.29) is 0 Å². The molecule has 0 atom stereocenters. The minimum atomic E-state index is 0.433. The highest BCUT2D eigenvalue weighted by Crippen LogP contribution is 2.40. The number of anilines is 1. The number of nitrogens with zero attached hydrogens (tertiary/aromatic N) is 2. The third-order valence-corrected chi connectivity index (χ3v) is 5.22. The van der Waals surface area contributed by atoms with Crippen LogP contribution in [0.5, 0.6) is 0 Å². The average molecular weight is 294 g/mol. The van der Waals surface area contributed by atoms with Crippen LogP contribution in [0.3, 0.4) is 0 Å². The lowest BCUT2D eigenvalue weighted by molar-refractivity contribution is 0.0718. The van der Waals surface area contributed by atoms with Gasteiger partial charge in [0.15, 0.2) is 0 Å². The molecule has 0 amide bonds. The van der Waals surface area contributed by atoms with Gasteiger partial charge in [0.05, 0.1) is 0 Å². The Bertz CT molecular complexity index is 428. The smallest absolute Gasteiger partial charge is 0.0407 e. The van der Waals surface area contributed by atoms with Crippen LogP contribution in [0.25, 0.3) is 0 Å². The van der Waals surface area contributed by atoms with Gasteiger partial charge in [-0.2, -0.15) is 0 Å². The second kappa shape index (κ2) is 5.92. The Balaban J connectivity index is 1.53. The highest BCUT2D eigenvalue weighted by atomic mass is 35.5. The monoisotopic (exact) mass is 293 g/mol. The fourth-order valence-electron chi connectivity index (χ4n) is 3.39. The summed E-state index contributed by atoms with van der Waals surface area (Å²) in [5, 5.41) is 0.808. The van der Waals surface area contributed by atoms with Gasteiger partial charge in [0.1, 0.15) is 0 Å². The Morgan fingerprint density at radius 2 is 1.70 bits per heavy atom. The maximum atomic E-state index is 5.97. The lowest BCUT2D eigenvalue weighted by Crippen LogP contribution is -2.53. The second-order valence-corrected chi connectivity index (χ2v) is 6.73. The van der Waals surface area contributed by atoms with E-state index in [0.29, 0.717) is 5.41 Å². The van der Waals surface area contributed by atoms with Crippen molar-refractivity contribution >= 4 is 17.3 Å². The zero-order chi connectivity index (χ0) is 14.0. The predicted octanol–water partition coefficient (Wildman–Crippen LogP) is 2.59. The van der Waals surface area contributed by atoms with E-state index in [9.17, 15) is 0 Å². The van der Waals surface area contributed by atoms with Crippen LogP contribution < -0.4 is 10.6 Å². The fourth-order valence-corrected chi connectivity index (χ4v) is 3.52. The molecule has 1 aliphatic carbocycles. The van der Waals surface area contributed by atoms with Crippen molar-refractivity contribution in [2.45, 2.75) is 19.3 Å². The zero-order valence-electron chi connectivity index (χ0n) is 12.0. The van der Waals surface area contributed by atoms with Gasteiger partial charge in [-0.15, -0.1) is 0 Å². The standard InChI is InChI=1S/C16H24ClN3/c17-14-2-4-15(5-3-14)20-10-8-19(9-11-20)13-16(12-18)6-1-7-16/h2-5H,1,6-13,18H2. The summed E-state index contributed by atoms with van der Waals surface area (Å²) in [6.07, 6.45) is 4.00. The van der Waals surface area contributed by atoms with E-state index in [2.05, 4.69) is 21.9 Å². The maximum absolute atomic E-state index is 5.97. The van der Waals surface area contributed by atoms with Crippen LogP contribution in [0.2, 0.25) is 5.02 Å². The molecule has 4 heteroatoms. The molecule has 110 valence electrons. The van der Waals surface area contributed by atoms with Crippen LogP contribution in [0.4, 0.5) is 5.69 Å². The molecule has 20 heavy (non-hydrogen) atoms. The Labute approximate surface area is 126 Å². The molecular formula is C16H24ClN3. The molecule has 3 nitrogen and oxygen atoms in total. The molecule has 1 heterocycles. The molecule has 0 unspecified atom stereocenters. The quantitative estimate of drug-likeness (QED) is 0.926. The van der Waals surface area contributed by atoms with Gasteiger partial charge in [0.2, 0.25) is 0 Å². The van der Waals surface area contributed by atoms with Crippen molar-refractivity contribution in [1.82, 2.24) is 4.90 Å². The van der Waals surface area contributed by atoms with Crippen molar-refractivity contribution in [3.05, 3.63) is 29.3 Å². The van der Waals surface area contributed by atoms with Gasteiger partial charge in [0, 0.05) is 43.4 Å². The van der Waals surface area contributed by atoms with Crippen molar-refractivity contribution in [2.24, 2.45) is 11.1 Å². The third-order valence-electron chi connectivity index (χ3n) is 4.97. The van der Waals surface area contributed by atoms with Gasteiger partial charge >= 0.3 is 0 Å². The number of nitrogens with two attached hydrogens (primary N) is 1. The molecule has 0 spiro atoms. The molecule has 2 aliphatic rings. The Hall–Kier alpha value is -0.770. The van der Waals surface area contributed by atoms with E-state index >= 15 is 0 Å². The highest BCUT2D eigenvalue weighted by molar-refractivity contribution is 6.30. The van der Waals surface area contributed by atoms with E-state index in [1.165, 1.54) is 31.5 Å². The molecule has 0 bridgehead atoms. The van der Waals surface area contributed by atoms with Crippen LogP contribution in [0.1, 0.15) is 19.3 Å². The van der Waals surface area contributed by atoms with E-state index in [1.807, 2.05) is 12.1 Å². The molecule has 1 aliphatic heterocycles. The first-order chi connectivity index (χ1) is 9.71. The van der Waals surface area contributed by atoms with Gasteiger partial charge in [-0.05, 0) is 49.1 Å². The zero-order valence-corrected chi connectivity index (χ0v) is 12.8. The molecule has 1 aromatic rings. The van der Waals surface area contributed by atoms with Gasteiger partial charge < -0.3 is 10.6 Å². The van der Waals surface area contributed by atoms with Gasteiger partial charge in [0.25, 0.3) is 0 Å². The van der Waals surface area contributed by atoms with Crippen molar-refractivity contribution < 1.29 is 0 Å². The van der Waals surface area contributed by atoms with Crippen LogP contribution in [-0.2, 0) is 0 Å². The van der Waals surface area contributed by atoms with Gasteiger partial charge in [-0.3, -0.25) is 4.90 Å². The molecule has 1 saturated carbocycles. The molecule has 2 N–H and O–H groups in total. The number of hydrogen-bond acceptors (Lipinski definition) is 3. The van der Waals surface area contributed by atoms with E-state index in [0.717, 1.165) is 37.7 Å². The number of piperazine rings is 1. The summed E-state index contributed by atoms with van der Waals surface area (Å²) in [4.78, 5) is 5.04. The largest absolute Gasteiger partial charge is 0.369 e. The van der Waals surface area contributed by atoms with Crippen molar-refractivity contribution in [3.8, 4) is 0 Å². The molecule has 1 saturated heterocycles.